The lowest BCUT2D eigenvalue weighted by atomic mass is 9.98. The molecule has 0 saturated heterocycles. The first-order valence-electron chi connectivity index (χ1n) is 9.93. The third-order valence-corrected chi connectivity index (χ3v) is 5.00. The molecule has 7 nitrogen and oxygen atoms in total. The number of nitro groups is 1. The first kappa shape index (κ1) is 20.9. The molecule has 2 amide bonds. The van der Waals surface area contributed by atoms with Crippen LogP contribution in [0.15, 0.2) is 24.3 Å². The predicted molar refractivity (Wildman–Crippen MR) is 104 cm³/mol. The molecule has 1 aromatic rings. The van der Waals surface area contributed by atoms with E-state index in [0.717, 1.165) is 38.5 Å². The largest absolute Gasteiger partial charge is 0.345 e. The summed E-state index contributed by atoms with van der Waals surface area (Å²) in [4.78, 5) is 34.9. The Labute approximate surface area is 160 Å². The average Bonchev–Trinajstić information content (AvgIpc) is 2.64. The van der Waals surface area contributed by atoms with Crippen molar-refractivity contribution in [3.8, 4) is 0 Å². The molecular weight excluding hydrogens is 346 g/mol. The molecule has 0 bridgehead atoms. The van der Waals surface area contributed by atoms with Crippen LogP contribution in [0, 0.1) is 10.1 Å². The van der Waals surface area contributed by atoms with E-state index in [-0.39, 0.29) is 17.4 Å². The molecule has 27 heavy (non-hydrogen) atoms. The number of para-hydroxylation sites is 2. The summed E-state index contributed by atoms with van der Waals surface area (Å²) < 4.78 is 0. The maximum absolute atomic E-state index is 12.3. The van der Waals surface area contributed by atoms with Crippen LogP contribution >= 0.6 is 0 Å². The summed E-state index contributed by atoms with van der Waals surface area (Å²) in [5.41, 5.74) is -0.203. The van der Waals surface area contributed by atoms with Gasteiger partial charge in [-0.2, -0.15) is 0 Å². The van der Waals surface area contributed by atoms with E-state index >= 15 is 0 Å². The number of hydrogen-bond donors (Lipinski definition) is 2. The normalized spacial score (nSPS) is 17.2. The molecule has 1 fully saturated rings. The Morgan fingerprint density at radius 2 is 1.37 bits per heavy atom. The minimum atomic E-state index is -0.865. The van der Waals surface area contributed by atoms with Gasteiger partial charge in [0.15, 0.2) is 0 Å². The van der Waals surface area contributed by atoms with Gasteiger partial charge in [0, 0.05) is 12.1 Å². The molecule has 1 aliphatic rings. The highest BCUT2D eigenvalue weighted by Gasteiger charge is 2.22. The second-order valence-electron chi connectivity index (χ2n) is 7.16. The van der Waals surface area contributed by atoms with E-state index in [1.54, 1.807) is 6.07 Å². The molecule has 0 unspecified atom stereocenters. The summed E-state index contributed by atoms with van der Waals surface area (Å²) in [7, 11) is 0. The van der Waals surface area contributed by atoms with E-state index in [9.17, 15) is 19.7 Å². The van der Waals surface area contributed by atoms with Crippen LogP contribution in [-0.2, 0) is 9.59 Å². The molecule has 0 aromatic heterocycles. The SMILES string of the molecule is O=C(Nc1ccccc1[N+](=O)[O-])C(=O)NC1CCCCCCCCCCC1. The molecule has 0 spiro atoms. The molecule has 1 aliphatic carbocycles. The molecule has 0 atom stereocenters. The van der Waals surface area contributed by atoms with Gasteiger partial charge in [0.05, 0.1) is 4.92 Å². The zero-order chi connectivity index (χ0) is 19.5. The number of nitro benzene ring substituents is 1. The zero-order valence-corrected chi connectivity index (χ0v) is 15.7. The van der Waals surface area contributed by atoms with Crippen LogP contribution in [0.5, 0.6) is 0 Å². The molecule has 0 heterocycles. The van der Waals surface area contributed by atoms with Crippen LogP contribution in [-0.4, -0.2) is 22.8 Å². The van der Waals surface area contributed by atoms with Gasteiger partial charge in [0.25, 0.3) is 5.69 Å². The van der Waals surface area contributed by atoms with Crippen molar-refractivity contribution >= 4 is 23.2 Å². The van der Waals surface area contributed by atoms with Gasteiger partial charge in [-0.3, -0.25) is 19.7 Å². The Balaban J connectivity index is 1.91. The van der Waals surface area contributed by atoms with Crippen LogP contribution in [0.2, 0.25) is 0 Å². The summed E-state index contributed by atoms with van der Waals surface area (Å²) in [6.07, 6.45) is 12.4. The number of nitrogens with one attached hydrogen (secondary N) is 2. The second-order valence-corrected chi connectivity index (χ2v) is 7.16. The smallest absolute Gasteiger partial charge is 0.313 e. The summed E-state index contributed by atoms with van der Waals surface area (Å²) in [5, 5.41) is 16.2. The lowest BCUT2D eigenvalue weighted by molar-refractivity contribution is -0.383. The highest BCUT2D eigenvalue weighted by Crippen LogP contribution is 2.23. The maximum Gasteiger partial charge on any atom is 0.313 e. The third kappa shape index (κ3) is 7.37. The summed E-state index contributed by atoms with van der Waals surface area (Å²) in [5.74, 6) is -1.60. The van der Waals surface area contributed by atoms with E-state index in [4.69, 9.17) is 0 Å². The first-order valence-corrected chi connectivity index (χ1v) is 9.93. The average molecular weight is 375 g/mol. The Hall–Kier alpha value is -2.44. The molecule has 7 heteroatoms. The Morgan fingerprint density at radius 1 is 0.852 bits per heavy atom. The Morgan fingerprint density at radius 3 is 1.93 bits per heavy atom. The third-order valence-electron chi connectivity index (χ3n) is 5.00. The molecule has 0 radical (unpaired) electrons. The maximum atomic E-state index is 12.3. The minimum absolute atomic E-state index is 0.0200. The number of rotatable bonds is 3. The van der Waals surface area contributed by atoms with Gasteiger partial charge < -0.3 is 10.6 Å². The van der Waals surface area contributed by atoms with Gasteiger partial charge in [-0.15, -0.1) is 0 Å². The highest BCUT2D eigenvalue weighted by molar-refractivity contribution is 6.39. The number of anilines is 1. The topological polar surface area (TPSA) is 101 Å². The molecular formula is C20H29N3O4. The van der Waals surface area contributed by atoms with Crippen LogP contribution < -0.4 is 10.6 Å². The van der Waals surface area contributed by atoms with E-state index in [1.165, 1.54) is 50.3 Å². The lowest BCUT2D eigenvalue weighted by Gasteiger charge is -2.19. The first-order chi connectivity index (χ1) is 13.1. The molecule has 2 N–H and O–H groups in total. The summed E-state index contributed by atoms with van der Waals surface area (Å²) >= 11 is 0. The lowest BCUT2D eigenvalue weighted by Crippen LogP contribution is -2.42. The van der Waals surface area contributed by atoms with E-state index in [0.29, 0.717) is 0 Å². The summed E-state index contributed by atoms with van der Waals surface area (Å²) in [6.45, 7) is 0. The molecule has 148 valence electrons. The molecule has 1 aromatic carbocycles. The van der Waals surface area contributed by atoms with Crippen molar-refractivity contribution in [3.05, 3.63) is 34.4 Å². The highest BCUT2D eigenvalue weighted by atomic mass is 16.6. The number of benzene rings is 1. The molecule has 2 rings (SSSR count). The second kappa shape index (κ2) is 11.3. The van der Waals surface area contributed by atoms with Crippen LogP contribution in [0.1, 0.15) is 70.6 Å². The minimum Gasteiger partial charge on any atom is -0.345 e. The number of nitrogens with zero attached hydrogens (tertiary/aromatic N) is 1. The van der Waals surface area contributed by atoms with Gasteiger partial charge in [0.1, 0.15) is 5.69 Å². The van der Waals surface area contributed by atoms with Crippen molar-refractivity contribution in [2.75, 3.05) is 5.32 Å². The van der Waals surface area contributed by atoms with E-state index < -0.39 is 16.7 Å². The quantitative estimate of drug-likeness (QED) is 0.466. The standard InChI is InChI=1S/C20H29N3O4/c24-19(20(25)22-17-14-10-11-15-18(17)23(26)27)21-16-12-8-6-4-2-1-3-5-7-9-13-16/h10-11,14-16H,1-9,12-13H2,(H,21,24)(H,22,25). The Bertz CT molecular complexity index is 636. The Kier molecular flexibility index (Phi) is 8.74. The van der Waals surface area contributed by atoms with Crippen LogP contribution in [0.25, 0.3) is 0 Å². The number of hydrogen-bond acceptors (Lipinski definition) is 4. The van der Waals surface area contributed by atoms with Crippen molar-refractivity contribution in [2.45, 2.75) is 76.7 Å². The van der Waals surface area contributed by atoms with Crippen LogP contribution in [0.4, 0.5) is 11.4 Å². The fourth-order valence-electron chi connectivity index (χ4n) is 3.48. The van der Waals surface area contributed by atoms with E-state index in [1.807, 2.05) is 0 Å². The van der Waals surface area contributed by atoms with Crippen molar-refractivity contribution in [1.29, 1.82) is 0 Å². The fraction of sp³-hybridized carbons (Fsp3) is 0.600. The summed E-state index contributed by atoms with van der Waals surface area (Å²) in [6, 6.07) is 5.78. The van der Waals surface area contributed by atoms with Crippen molar-refractivity contribution in [2.24, 2.45) is 0 Å². The predicted octanol–water partition coefficient (Wildman–Crippen LogP) is 4.32. The molecule has 0 aliphatic heterocycles. The number of amides is 2. The van der Waals surface area contributed by atoms with Gasteiger partial charge in [-0.25, -0.2) is 0 Å². The van der Waals surface area contributed by atoms with Gasteiger partial charge in [-0.05, 0) is 18.9 Å². The molecule has 1 saturated carbocycles. The number of carbonyl (C=O) groups is 2. The van der Waals surface area contributed by atoms with Crippen molar-refractivity contribution in [3.63, 3.8) is 0 Å². The van der Waals surface area contributed by atoms with Gasteiger partial charge in [-0.1, -0.05) is 69.9 Å². The van der Waals surface area contributed by atoms with E-state index in [2.05, 4.69) is 10.6 Å². The van der Waals surface area contributed by atoms with Crippen LogP contribution in [0.3, 0.4) is 0 Å². The van der Waals surface area contributed by atoms with Gasteiger partial charge >= 0.3 is 11.8 Å². The zero-order valence-electron chi connectivity index (χ0n) is 15.7. The van der Waals surface area contributed by atoms with Crippen molar-refractivity contribution < 1.29 is 14.5 Å². The monoisotopic (exact) mass is 375 g/mol. The number of carbonyl (C=O) groups excluding carboxylic acids is 2. The fourth-order valence-corrected chi connectivity index (χ4v) is 3.48. The van der Waals surface area contributed by atoms with Gasteiger partial charge in [0.2, 0.25) is 0 Å². The van der Waals surface area contributed by atoms with Crippen molar-refractivity contribution in [1.82, 2.24) is 5.32 Å².